The van der Waals surface area contributed by atoms with Gasteiger partial charge in [-0.05, 0) is 12.8 Å². The highest BCUT2D eigenvalue weighted by Crippen LogP contribution is 2.09. The summed E-state index contributed by atoms with van der Waals surface area (Å²) in [6, 6.07) is -0.414. The number of carboxylic acid groups (broad SMARTS) is 1. The average molecular weight is 283 g/mol. The molecule has 0 bridgehead atoms. The quantitative estimate of drug-likeness (QED) is 0.673. The Kier molecular flexibility index (Phi) is 5.95. The summed E-state index contributed by atoms with van der Waals surface area (Å²) in [5.74, 6) is -0.900. The van der Waals surface area contributed by atoms with Gasteiger partial charge in [0.2, 0.25) is 0 Å². The Morgan fingerprint density at radius 1 is 1.40 bits per heavy atom. The number of carboxylic acids is 1. The van der Waals surface area contributed by atoms with Crippen LogP contribution in [0.4, 0.5) is 4.79 Å². The summed E-state index contributed by atoms with van der Waals surface area (Å²) in [6.07, 6.45) is 1.59. The maximum absolute atomic E-state index is 11.6. The number of aryl methyl sites for hydroxylation is 1. The number of nitrogens with one attached hydrogen (secondary N) is 2. The van der Waals surface area contributed by atoms with Crippen LogP contribution in [-0.4, -0.2) is 38.4 Å². The fourth-order valence-corrected chi connectivity index (χ4v) is 1.71. The van der Waals surface area contributed by atoms with Gasteiger partial charge in [0.1, 0.15) is 6.33 Å². The maximum atomic E-state index is 11.6. The van der Waals surface area contributed by atoms with Crippen molar-refractivity contribution < 1.29 is 14.7 Å². The zero-order valence-electron chi connectivity index (χ0n) is 12.0. The zero-order valence-corrected chi connectivity index (χ0v) is 12.0. The van der Waals surface area contributed by atoms with E-state index in [9.17, 15) is 9.59 Å². The van der Waals surface area contributed by atoms with Gasteiger partial charge < -0.3 is 20.3 Å². The summed E-state index contributed by atoms with van der Waals surface area (Å²) in [7, 11) is 0. The van der Waals surface area contributed by atoms with Crippen LogP contribution >= 0.6 is 0 Å². The normalized spacial score (nSPS) is 12.2. The van der Waals surface area contributed by atoms with E-state index < -0.39 is 17.9 Å². The monoisotopic (exact) mass is 283 g/mol. The number of rotatable bonds is 7. The van der Waals surface area contributed by atoms with Crippen LogP contribution in [-0.2, 0) is 17.9 Å². The average Bonchev–Trinajstić information content (AvgIpc) is 2.83. The van der Waals surface area contributed by atoms with Crippen molar-refractivity contribution in [3.05, 3.63) is 12.2 Å². The lowest BCUT2D eigenvalue weighted by Crippen LogP contribution is -2.41. The molecule has 1 aromatic heterocycles. The lowest BCUT2D eigenvalue weighted by atomic mass is 9.96. The highest BCUT2D eigenvalue weighted by Gasteiger charge is 2.21. The highest BCUT2D eigenvalue weighted by atomic mass is 16.4. The second-order valence-electron chi connectivity index (χ2n) is 4.79. The molecule has 2 amide bonds. The van der Waals surface area contributed by atoms with E-state index in [1.165, 1.54) is 0 Å². The van der Waals surface area contributed by atoms with Gasteiger partial charge in [-0.3, -0.25) is 4.79 Å². The predicted octanol–water partition coefficient (Wildman–Crippen LogP) is 0.454. The first-order valence-corrected chi connectivity index (χ1v) is 6.56. The molecule has 1 atom stereocenters. The second kappa shape index (κ2) is 7.46. The second-order valence-corrected chi connectivity index (χ2v) is 4.79. The molecule has 1 unspecified atom stereocenters. The summed E-state index contributed by atoms with van der Waals surface area (Å²) >= 11 is 0. The molecule has 1 aromatic rings. The van der Waals surface area contributed by atoms with E-state index in [0.717, 1.165) is 6.54 Å². The number of aliphatic carboxylic acids is 1. The van der Waals surface area contributed by atoms with E-state index in [2.05, 4.69) is 20.8 Å². The maximum Gasteiger partial charge on any atom is 0.315 e. The molecule has 1 heterocycles. The molecule has 0 aromatic carbocycles. The number of amides is 2. The van der Waals surface area contributed by atoms with Gasteiger partial charge in [0.15, 0.2) is 5.82 Å². The first kappa shape index (κ1) is 15.9. The minimum Gasteiger partial charge on any atom is -0.481 e. The van der Waals surface area contributed by atoms with Crippen molar-refractivity contribution >= 4 is 12.0 Å². The van der Waals surface area contributed by atoms with Crippen molar-refractivity contribution in [3.63, 3.8) is 0 Å². The minimum atomic E-state index is -0.911. The molecule has 8 nitrogen and oxygen atoms in total. The van der Waals surface area contributed by atoms with Crippen molar-refractivity contribution in [2.75, 3.05) is 6.54 Å². The Labute approximate surface area is 117 Å². The van der Waals surface area contributed by atoms with Crippen LogP contribution < -0.4 is 10.6 Å². The van der Waals surface area contributed by atoms with Crippen LogP contribution in [0.3, 0.4) is 0 Å². The molecule has 0 aliphatic carbocycles. The van der Waals surface area contributed by atoms with Crippen LogP contribution in [0.1, 0.15) is 26.6 Å². The number of hydrogen-bond donors (Lipinski definition) is 3. The lowest BCUT2D eigenvalue weighted by Gasteiger charge is -2.16. The van der Waals surface area contributed by atoms with E-state index in [4.69, 9.17) is 5.11 Å². The number of urea groups is 1. The van der Waals surface area contributed by atoms with Crippen molar-refractivity contribution in [3.8, 4) is 0 Å². The van der Waals surface area contributed by atoms with Gasteiger partial charge in [0.25, 0.3) is 0 Å². The van der Waals surface area contributed by atoms with Crippen LogP contribution in [0, 0.1) is 11.8 Å². The zero-order chi connectivity index (χ0) is 15.1. The van der Waals surface area contributed by atoms with Crippen molar-refractivity contribution in [2.45, 2.75) is 33.9 Å². The first-order chi connectivity index (χ1) is 9.45. The fourth-order valence-electron chi connectivity index (χ4n) is 1.71. The molecular formula is C12H21N5O3. The molecule has 0 fully saturated rings. The molecule has 8 heteroatoms. The molecule has 0 aliphatic rings. The molecule has 20 heavy (non-hydrogen) atoms. The number of carbonyl (C=O) groups excluding carboxylic acids is 1. The van der Waals surface area contributed by atoms with Crippen molar-refractivity contribution in [2.24, 2.45) is 11.8 Å². The van der Waals surface area contributed by atoms with E-state index in [1.54, 1.807) is 6.33 Å². The van der Waals surface area contributed by atoms with Crippen molar-refractivity contribution in [1.29, 1.82) is 0 Å². The van der Waals surface area contributed by atoms with Gasteiger partial charge in [-0.15, -0.1) is 10.2 Å². The summed E-state index contributed by atoms with van der Waals surface area (Å²) in [6.45, 7) is 6.63. The topological polar surface area (TPSA) is 109 Å². The Morgan fingerprint density at radius 2 is 2.10 bits per heavy atom. The summed E-state index contributed by atoms with van der Waals surface area (Å²) < 4.78 is 1.81. The Balaban J connectivity index is 2.39. The molecule has 0 spiro atoms. The molecular weight excluding hydrogens is 262 g/mol. The third kappa shape index (κ3) is 4.52. The smallest absolute Gasteiger partial charge is 0.315 e. The standard InChI is InChI=1S/C12H21N5O3/c1-4-17-7-15-16-10(17)6-14-12(20)13-5-9(8(2)3)11(18)19/h7-9H,4-6H2,1-3H3,(H,18,19)(H2,13,14,20). The Bertz CT molecular complexity index is 458. The molecule has 1 rings (SSSR count). The van der Waals surface area contributed by atoms with Crippen LogP contribution in [0.5, 0.6) is 0 Å². The first-order valence-electron chi connectivity index (χ1n) is 6.56. The molecule has 0 aliphatic heterocycles. The van der Waals surface area contributed by atoms with Gasteiger partial charge in [0, 0.05) is 13.1 Å². The van der Waals surface area contributed by atoms with E-state index in [1.807, 2.05) is 25.3 Å². The summed E-state index contributed by atoms with van der Waals surface area (Å²) in [5, 5.41) is 21.8. The Hall–Kier alpha value is -2.12. The largest absolute Gasteiger partial charge is 0.481 e. The summed E-state index contributed by atoms with van der Waals surface area (Å²) in [5.41, 5.74) is 0. The van der Waals surface area contributed by atoms with E-state index in [0.29, 0.717) is 5.82 Å². The van der Waals surface area contributed by atoms with Gasteiger partial charge in [0.05, 0.1) is 12.5 Å². The number of carbonyl (C=O) groups is 2. The lowest BCUT2D eigenvalue weighted by molar-refractivity contribution is -0.142. The highest BCUT2D eigenvalue weighted by molar-refractivity contribution is 5.75. The molecule has 112 valence electrons. The summed E-state index contributed by atoms with van der Waals surface area (Å²) in [4.78, 5) is 22.6. The van der Waals surface area contributed by atoms with Gasteiger partial charge in [-0.25, -0.2) is 4.79 Å². The SMILES string of the molecule is CCn1cnnc1CNC(=O)NCC(C(=O)O)C(C)C. The molecule has 0 radical (unpaired) electrons. The van der Waals surface area contributed by atoms with Crippen LogP contribution in [0.2, 0.25) is 0 Å². The van der Waals surface area contributed by atoms with Crippen LogP contribution in [0.25, 0.3) is 0 Å². The van der Waals surface area contributed by atoms with Gasteiger partial charge in [-0.1, -0.05) is 13.8 Å². The molecule has 3 N–H and O–H groups in total. The van der Waals surface area contributed by atoms with Crippen molar-refractivity contribution in [1.82, 2.24) is 25.4 Å². The van der Waals surface area contributed by atoms with Crippen LogP contribution in [0.15, 0.2) is 6.33 Å². The third-order valence-electron chi connectivity index (χ3n) is 3.05. The van der Waals surface area contributed by atoms with E-state index in [-0.39, 0.29) is 19.0 Å². The van der Waals surface area contributed by atoms with E-state index >= 15 is 0 Å². The predicted molar refractivity (Wildman–Crippen MR) is 71.9 cm³/mol. The van der Waals surface area contributed by atoms with Gasteiger partial charge >= 0.3 is 12.0 Å². The molecule has 0 saturated heterocycles. The molecule has 0 saturated carbocycles. The Morgan fingerprint density at radius 3 is 2.65 bits per heavy atom. The fraction of sp³-hybridized carbons (Fsp3) is 0.667. The minimum absolute atomic E-state index is 0.0454. The number of nitrogens with zero attached hydrogens (tertiary/aromatic N) is 3. The van der Waals surface area contributed by atoms with Gasteiger partial charge in [-0.2, -0.15) is 0 Å². The third-order valence-corrected chi connectivity index (χ3v) is 3.05. The number of hydrogen-bond acceptors (Lipinski definition) is 4. The number of aromatic nitrogens is 3.